The molecule has 8 heteroatoms. The lowest BCUT2D eigenvalue weighted by molar-refractivity contribution is 0.238. The highest BCUT2D eigenvalue weighted by atomic mass is 35.7. The number of benzene rings is 1. The van der Waals surface area contributed by atoms with Gasteiger partial charge in [-0.2, -0.15) is 0 Å². The van der Waals surface area contributed by atoms with Gasteiger partial charge in [0.1, 0.15) is 17.4 Å². The highest BCUT2D eigenvalue weighted by Crippen LogP contribution is 2.37. The Balaban J connectivity index is 1.78. The van der Waals surface area contributed by atoms with Gasteiger partial charge in [0.05, 0.1) is 11.3 Å². The maximum absolute atomic E-state index is 11.6. The highest BCUT2D eigenvalue weighted by Gasteiger charge is 2.21. The number of hydrogen-bond donors (Lipinski definition) is 0. The second-order valence-electron chi connectivity index (χ2n) is 5.72. The summed E-state index contributed by atoms with van der Waals surface area (Å²) < 4.78 is 29.2. The molecule has 1 aliphatic rings. The third kappa shape index (κ3) is 4.08. The molecule has 0 atom stereocenters. The number of halogens is 1. The predicted octanol–water partition coefficient (Wildman–Crippen LogP) is 3.52. The number of likely N-dealkylation sites (tertiary alicyclic amines) is 1. The molecular formula is C16H19ClN2O3S2. The van der Waals surface area contributed by atoms with Crippen LogP contribution in [0, 0.1) is 6.92 Å². The second-order valence-corrected chi connectivity index (χ2v) is 9.48. The molecule has 0 radical (unpaired) electrons. The van der Waals surface area contributed by atoms with E-state index in [1.807, 2.05) is 24.3 Å². The summed E-state index contributed by atoms with van der Waals surface area (Å²) in [5.41, 5.74) is 1.20. The molecule has 5 nitrogen and oxygen atoms in total. The van der Waals surface area contributed by atoms with Crippen molar-refractivity contribution in [2.24, 2.45) is 0 Å². The van der Waals surface area contributed by atoms with Crippen LogP contribution in [0.4, 0.5) is 0 Å². The largest absolute Gasteiger partial charge is 0.492 e. The minimum Gasteiger partial charge on any atom is -0.492 e. The number of aromatic nitrogens is 1. The van der Waals surface area contributed by atoms with Crippen LogP contribution in [0.1, 0.15) is 18.5 Å². The summed E-state index contributed by atoms with van der Waals surface area (Å²) in [6, 6.07) is 7.54. The van der Waals surface area contributed by atoms with E-state index in [1.165, 1.54) is 12.8 Å². The van der Waals surface area contributed by atoms with Gasteiger partial charge in [-0.1, -0.05) is 12.1 Å². The van der Waals surface area contributed by atoms with E-state index in [1.54, 1.807) is 6.92 Å². The smallest absolute Gasteiger partial charge is 0.272 e. The first-order valence-corrected chi connectivity index (χ1v) is 10.9. The third-order valence-electron chi connectivity index (χ3n) is 3.96. The van der Waals surface area contributed by atoms with Gasteiger partial charge in [0, 0.05) is 17.2 Å². The molecule has 0 amide bonds. The Kier molecular flexibility index (Phi) is 5.44. The van der Waals surface area contributed by atoms with Crippen molar-refractivity contribution in [3.63, 3.8) is 0 Å². The lowest BCUT2D eigenvalue weighted by atomic mass is 10.2. The lowest BCUT2D eigenvalue weighted by Crippen LogP contribution is -2.25. The van der Waals surface area contributed by atoms with Crippen molar-refractivity contribution in [2.75, 3.05) is 26.2 Å². The van der Waals surface area contributed by atoms with E-state index in [0.717, 1.165) is 36.5 Å². The number of aryl methyl sites for hydroxylation is 1. The second kappa shape index (κ2) is 7.39. The average molecular weight is 387 g/mol. The molecule has 2 aromatic rings. The van der Waals surface area contributed by atoms with Crippen LogP contribution in [0.25, 0.3) is 10.6 Å². The van der Waals surface area contributed by atoms with E-state index in [4.69, 9.17) is 15.4 Å². The first-order chi connectivity index (χ1) is 11.4. The molecule has 2 heterocycles. The number of ether oxygens (including phenoxy) is 1. The first-order valence-electron chi connectivity index (χ1n) is 7.82. The molecule has 0 unspecified atom stereocenters. The molecule has 1 fully saturated rings. The Morgan fingerprint density at radius 2 is 2.00 bits per heavy atom. The van der Waals surface area contributed by atoms with E-state index < -0.39 is 9.05 Å². The topological polar surface area (TPSA) is 59.5 Å². The van der Waals surface area contributed by atoms with Crippen LogP contribution in [0.2, 0.25) is 0 Å². The average Bonchev–Trinajstić information content (AvgIpc) is 3.17. The van der Waals surface area contributed by atoms with Crippen LogP contribution in [-0.4, -0.2) is 44.5 Å². The van der Waals surface area contributed by atoms with E-state index in [-0.39, 0.29) is 4.21 Å². The Morgan fingerprint density at radius 3 is 2.67 bits per heavy atom. The predicted molar refractivity (Wildman–Crippen MR) is 96.5 cm³/mol. The van der Waals surface area contributed by atoms with E-state index >= 15 is 0 Å². The summed E-state index contributed by atoms with van der Waals surface area (Å²) in [5.74, 6) is 0.712. The maximum Gasteiger partial charge on any atom is 0.272 e. The lowest BCUT2D eigenvalue weighted by Gasteiger charge is -2.16. The zero-order valence-corrected chi connectivity index (χ0v) is 15.8. The molecule has 0 N–H and O–H groups in total. The van der Waals surface area contributed by atoms with Crippen molar-refractivity contribution in [3.8, 4) is 16.3 Å². The highest BCUT2D eigenvalue weighted by molar-refractivity contribution is 8.15. The number of thiazole rings is 1. The van der Waals surface area contributed by atoms with Crippen molar-refractivity contribution in [1.82, 2.24) is 9.88 Å². The van der Waals surface area contributed by atoms with Gasteiger partial charge in [-0.15, -0.1) is 11.3 Å². The summed E-state index contributed by atoms with van der Waals surface area (Å²) in [4.78, 5) is 6.74. The molecule has 0 aliphatic carbocycles. The Morgan fingerprint density at radius 1 is 1.29 bits per heavy atom. The van der Waals surface area contributed by atoms with Crippen LogP contribution in [0.5, 0.6) is 5.75 Å². The van der Waals surface area contributed by atoms with Crippen molar-refractivity contribution >= 4 is 31.1 Å². The fourth-order valence-corrected chi connectivity index (χ4v) is 5.27. The fraction of sp³-hybridized carbons (Fsp3) is 0.438. The molecule has 0 spiro atoms. The minimum absolute atomic E-state index is 0.0889. The van der Waals surface area contributed by atoms with Crippen molar-refractivity contribution in [2.45, 2.75) is 24.0 Å². The molecular weight excluding hydrogens is 368 g/mol. The maximum atomic E-state index is 11.6. The van der Waals surface area contributed by atoms with Crippen LogP contribution < -0.4 is 4.74 Å². The number of hydrogen-bond acceptors (Lipinski definition) is 6. The summed E-state index contributed by atoms with van der Waals surface area (Å²) in [6.45, 7) is 5.40. The molecule has 1 aliphatic heterocycles. The van der Waals surface area contributed by atoms with Crippen molar-refractivity contribution < 1.29 is 13.2 Å². The SMILES string of the molecule is Cc1nc(-c2ccccc2OCCN2CCCC2)sc1S(=O)(=O)Cl. The van der Waals surface area contributed by atoms with Gasteiger partial charge >= 0.3 is 0 Å². The monoisotopic (exact) mass is 386 g/mol. The van der Waals surface area contributed by atoms with Gasteiger partial charge in [-0.3, -0.25) is 4.90 Å². The van der Waals surface area contributed by atoms with Crippen LogP contribution in [0.15, 0.2) is 28.5 Å². The number of nitrogens with zero attached hydrogens (tertiary/aromatic N) is 2. The van der Waals surface area contributed by atoms with E-state index in [9.17, 15) is 8.42 Å². The molecule has 1 aromatic heterocycles. The fourth-order valence-electron chi connectivity index (χ4n) is 2.78. The Labute approximate surface area is 150 Å². The molecule has 130 valence electrons. The Bertz CT molecular complexity index is 814. The molecule has 0 saturated carbocycles. The van der Waals surface area contributed by atoms with Crippen LogP contribution in [0.3, 0.4) is 0 Å². The molecule has 3 rings (SSSR count). The van der Waals surface area contributed by atoms with Crippen LogP contribution in [-0.2, 0) is 9.05 Å². The van der Waals surface area contributed by atoms with Gasteiger partial charge in [-0.05, 0) is 45.0 Å². The zero-order valence-electron chi connectivity index (χ0n) is 13.4. The first kappa shape index (κ1) is 17.7. The summed E-state index contributed by atoms with van der Waals surface area (Å²) in [6.07, 6.45) is 2.51. The minimum atomic E-state index is -3.78. The van der Waals surface area contributed by atoms with Gasteiger partial charge in [0.25, 0.3) is 9.05 Å². The molecule has 0 bridgehead atoms. The number of rotatable bonds is 6. The Hall–Kier alpha value is -1.15. The van der Waals surface area contributed by atoms with Crippen LogP contribution >= 0.6 is 22.0 Å². The number of para-hydroxylation sites is 1. The summed E-state index contributed by atoms with van der Waals surface area (Å²) >= 11 is 1.07. The van der Waals surface area contributed by atoms with E-state index in [0.29, 0.717) is 23.1 Å². The van der Waals surface area contributed by atoms with Gasteiger partial charge < -0.3 is 4.74 Å². The van der Waals surface area contributed by atoms with Crippen molar-refractivity contribution in [1.29, 1.82) is 0 Å². The zero-order chi connectivity index (χ0) is 17.2. The van der Waals surface area contributed by atoms with Gasteiger partial charge in [0.2, 0.25) is 0 Å². The summed E-state index contributed by atoms with van der Waals surface area (Å²) in [7, 11) is 1.69. The normalized spacial score (nSPS) is 15.8. The molecule has 1 saturated heterocycles. The van der Waals surface area contributed by atoms with Crippen molar-refractivity contribution in [3.05, 3.63) is 30.0 Å². The molecule has 24 heavy (non-hydrogen) atoms. The van der Waals surface area contributed by atoms with Gasteiger partial charge in [-0.25, -0.2) is 13.4 Å². The third-order valence-corrected chi connectivity index (χ3v) is 7.33. The van der Waals surface area contributed by atoms with Gasteiger partial charge in [0.15, 0.2) is 4.21 Å². The van der Waals surface area contributed by atoms with E-state index in [2.05, 4.69) is 9.88 Å². The quantitative estimate of drug-likeness (QED) is 0.711. The standard InChI is InChI=1S/C16H19ClN2O3S2/c1-12-16(24(17,20)21)23-15(18-12)13-6-2-3-7-14(13)22-11-10-19-8-4-5-9-19/h2-3,6-7H,4-5,8-11H2,1H3. The molecule has 1 aromatic carbocycles. The summed E-state index contributed by atoms with van der Waals surface area (Å²) in [5, 5.41) is 0.600.